The van der Waals surface area contributed by atoms with Crippen LogP contribution in [0.2, 0.25) is 0 Å². The molecule has 0 spiro atoms. The van der Waals surface area contributed by atoms with Gasteiger partial charge >= 0.3 is 16.4 Å². The third-order valence-electron chi connectivity index (χ3n) is 2.45. The molecule has 1 heterocycles. The molecule has 7 heteroatoms. The predicted molar refractivity (Wildman–Crippen MR) is 66.3 cm³/mol. The first kappa shape index (κ1) is 15.2. The minimum atomic E-state index is -3.98. The molecule has 1 atom stereocenters. The van der Waals surface area contributed by atoms with E-state index in [9.17, 15) is 13.2 Å². The summed E-state index contributed by atoms with van der Waals surface area (Å²) in [6.45, 7) is 7.09. The number of ether oxygens (including phenoxy) is 1. The summed E-state index contributed by atoms with van der Waals surface area (Å²) >= 11 is 0. The van der Waals surface area contributed by atoms with Gasteiger partial charge in [-0.25, -0.2) is 4.79 Å². The first-order valence-corrected chi connectivity index (χ1v) is 7.45. The maximum Gasteiger partial charge on any atom is 0.426 e. The van der Waals surface area contributed by atoms with E-state index in [1.54, 1.807) is 20.8 Å². The number of carbonyl (C=O) groups excluding carboxylic acids is 1. The van der Waals surface area contributed by atoms with E-state index < -0.39 is 28.0 Å². The summed E-state index contributed by atoms with van der Waals surface area (Å²) in [5.74, 6) is 0. The van der Waals surface area contributed by atoms with Crippen LogP contribution in [0.3, 0.4) is 0 Å². The monoisotopic (exact) mass is 279 g/mol. The third kappa shape index (κ3) is 3.84. The van der Waals surface area contributed by atoms with Crippen molar-refractivity contribution in [2.45, 2.75) is 58.6 Å². The van der Waals surface area contributed by atoms with Crippen molar-refractivity contribution in [2.24, 2.45) is 0 Å². The second-order valence-electron chi connectivity index (χ2n) is 5.31. The SMILES string of the molecule is CCCCC1COS(=O)(=O)N1C(=O)OC(C)(C)C. The highest BCUT2D eigenvalue weighted by Gasteiger charge is 2.44. The molecule has 1 fully saturated rings. The maximum absolute atomic E-state index is 11.9. The topological polar surface area (TPSA) is 72.9 Å². The van der Waals surface area contributed by atoms with E-state index in [4.69, 9.17) is 8.92 Å². The molecule has 0 aliphatic carbocycles. The summed E-state index contributed by atoms with van der Waals surface area (Å²) in [7, 11) is -3.98. The fourth-order valence-electron chi connectivity index (χ4n) is 1.66. The highest BCUT2D eigenvalue weighted by molar-refractivity contribution is 7.85. The van der Waals surface area contributed by atoms with E-state index in [1.807, 2.05) is 6.92 Å². The predicted octanol–water partition coefficient (Wildman–Crippen LogP) is 2.06. The Morgan fingerprint density at radius 3 is 2.56 bits per heavy atom. The number of amides is 1. The van der Waals surface area contributed by atoms with Gasteiger partial charge in [-0.1, -0.05) is 19.8 Å². The molecule has 1 amide bonds. The molecule has 0 aromatic carbocycles. The Hall–Kier alpha value is -0.820. The van der Waals surface area contributed by atoms with Gasteiger partial charge in [0, 0.05) is 0 Å². The Kier molecular flexibility index (Phi) is 4.61. The van der Waals surface area contributed by atoms with Crippen molar-refractivity contribution < 1.29 is 22.1 Å². The molecular weight excluding hydrogens is 258 g/mol. The van der Waals surface area contributed by atoms with Gasteiger partial charge in [-0.15, -0.1) is 0 Å². The molecular formula is C11H21NO5S. The zero-order valence-corrected chi connectivity index (χ0v) is 12.1. The Labute approximate surface area is 109 Å². The molecule has 18 heavy (non-hydrogen) atoms. The largest absolute Gasteiger partial charge is 0.443 e. The van der Waals surface area contributed by atoms with Crippen LogP contribution in [-0.2, 0) is 19.2 Å². The average Bonchev–Trinajstić information content (AvgIpc) is 2.48. The van der Waals surface area contributed by atoms with Crippen LogP contribution >= 0.6 is 0 Å². The van der Waals surface area contributed by atoms with Crippen LogP contribution in [0.1, 0.15) is 47.0 Å². The van der Waals surface area contributed by atoms with Gasteiger partial charge in [-0.2, -0.15) is 12.7 Å². The van der Waals surface area contributed by atoms with E-state index in [0.29, 0.717) is 6.42 Å². The average molecular weight is 279 g/mol. The van der Waals surface area contributed by atoms with Crippen LogP contribution in [0, 0.1) is 0 Å². The van der Waals surface area contributed by atoms with Crippen molar-refractivity contribution in [3.63, 3.8) is 0 Å². The lowest BCUT2D eigenvalue weighted by Crippen LogP contribution is -2.42. The number of carbonyl (C=O) groups is 1. The summed E-state index contributed by atoms with van der Waals surface area (Å²) in [5, 5.41) is 0. The van der Waals surface area contributed by atoms with Crippen molar-refractivity contribution in [1.82, 2.24) is 4.31 Å². The standard InChI is InChI=1S/C11H21NO5S/c1-5-6-7-9-8-16-18(14,15)12(9)10(13)17-11(2,3)4/h9H,5-8H2,1-4H3. The van der Waals surface area contributed by atoms with E-state index in [0.717, 1.165) is 17.1 Å². The molecule has 0 radical (unpaired) electrons. The van der Waals surface area contributed by atoms with Crippen molar-refractivity contribution in [3.05, 3.63) is 0 Å². The lowest BCUT2D eigenvalue weighted by Gasteiger charge is -2.25. The molecule has 0 N–H and O–H groups in total. The van der Waals surface area contributed by atoms with E-state index in [-0.39, 0.29) is 6.61 Å². The maximum atomic E-state index is 11.9. The number of rotatable bonds is 3. The van der Waals surface area contributed by atoms with Gasteiger partial charge in [0.15, 0.2) is 0 Å². The summed E-state index contributed by atoms with van der Waals surface area (Å²) in [6.07, 6.45) is 1.50. The lowest BCUT2D eigenvalue weighted by molar-refractivity contribution is 0.0352. The Morgan fingerprint density at radius 1 is 1.44 bits per heavy atom. The fraction of sp³-hybridized carbons (Fsp3) is 0.909. The second-order valence-corrected chi connectivity index (χ2v) is 6.80. The molecule has 1 unspecified atom stereocenters. The molecule has 1 rings (SSSR count). The van der Waals surface area contributed by atoms with Crippen molar-refractivity contribution in [3.8, 4) is 0 Å². The molecule has 1 aliphatic rings. The van der Waals surface area contributed by atoms with Gasteiger partial charge < -0.3 is 4.74 Å². The molecule has 0 bridgehead atoms. The number of nitrogens with zero attached hydrogens (tertiary/aromatic N) is 1. The van der Waals surface area contributed by atoms with Crippen LogP contribution in [0.4, 0.5) is 4.79 Å². The van der Waals surface area contributed by atoms with Gasteiger partial charge in [-0.3, -0.25) is 4.18 Å². The molecule has 1 saturated heterocycles. The van der Waals surface area contributed by atoms with Gasteiger partial charge in [0.1, 0.15) is 5.60 Å². The summed E-state index contributed by atoms with van der Waals surface area (Å²) in [6, 6.07) is -0.454. The van der Waals surface area contributed by atoms with Gasteiger partial charge in [0.25, 0.3) is 0 Å². The minimum absolute atomic E-state index is 0.0155. The van der Waals surface area contributed by atoms with Crippen molar-refractivity contribution in [2.75, 3.05) is 6.61 Å². The fourth-order valence-corrected chi connectivity index (χ4v) is 2.85. The highest BCUT2D eigenvalue weighted by Crippen LogP contribution is 2.25. The Bertz CT molecular complexity index is 398. The third-order valence-corrected chi connectivity index (χ3v) is 3.81. The highest BCUT2D eigenvalue weighted by atomic mass is 32.2. The van der Waals surface area contributed by atoms with Crippen molar-refractivity contribution >= 4 is 16.4 Å². The zero-order valence-electron chi connectivity index (χ0n) is 11.3. The van der Waals surface area contributed by atoms with Crippen LogP contribution in [0.15, 0.2) is 0 Å². The molecule has 0 aromatic heterocycles. The normalized spacial score (nSPS) is 23.1. The smallest absolute Gasteiger partial charge is 0.426 e. The van der Waals surface area contributed by atoms with Crippen molar-refractivity contribution in [1.29, 1.82) is 0 Å². The van der Waals surface area contributed by atoms with Crippen LogP contribution in [0.5, 0.6) is 0 Å². The number of hydrogen-bond acceptors (Lipinski definition) is 5. The zero-order chi connectivity index (χ0) is 14.0. The van der Waals surface area contributed by atoms with Crippen LogP contribution < -0.4 is 0 Å². The molecule has 106 valence electrons. The Morgan fingerprint density at radius 2 is 2.06 bits per heavy atom. The Balaban J connectivity index is 2.82. The minimum Gasteiger partial charge on any atom is -0.443 e. The first-order chi connectivity index (χ1) is 8.17. The summed E-state index contributed by atoms with van der Waals surface area (Å²) in [5.41, 5.74) is -0.732. The molecule has 0 saturated carbocycles. The molecule has 6 nitrogen and oxygen atoms in total. The summed E-state index contributed by atoms with van der Waals surface area (Å²) in [4.78, 5) is 11.9. The summed E-state index contributed by atoms with van der Waals surface area (Å²) < 4.78 is 33.9. The first-order valence-electron chi connectivity index (χ1n) is 6.09. The molecule has 0 aromatic rings. The lowest BCUT2D eigenvalue weighted by atomic mass is 10.1. The van der Waals surface area contributed by atoms with Crippen LogP contribution in [-0.4, -0.2) is 37.1 Å². The molecule has 1 aliphatic heterocycles. The number of hydrogen-bond donors (Lipinski definition) is 0. The second kappa shape index (κ2) is 5.44. The van der Waals surface area contributed by atoms with E-state index in [1.165, 1.54) is 0 Å². The van der Waals surface area contributed by atoms with Gasteiger partial charge in [-0.05, 0) is 27.2 Å². The number of unbranched alkanes of at least 4 members (excludes halogenated alkanes) is 1. The van der Waals surface area contributed by atoms with Crippen LogP contribution in [0.25, 0.3) is 0 Å². The quantitative estimate of drug-likeness (QED) is 0.790. The van der Waals surface area contributed by atoms with Gasteiger partial charge in [0.05, 0.1) is 12.6 Å². The van der Waals surface area contributed by atoms with E-state index in [2.05, 4.69) is 0 Å². The van der Waals surface area contributed by atoms with Gasteiger partial charge in [0.2, 0.25) is 0 Å². The van der Waals surface area contributed by atoms with E-state index >= 15 is 0 Å².